The van der Waals surface area contributed by atoms with E-state index in [-0.39, 0.29) is 5.70 Å². The summed E-state index contributed by atoms with van der Waals surface area (Å²) in [5.41, 5.74) is 0.685. The molecule has 5 nitrogen and oxygen atoms in total. The fraction of sp³-hybridized carbons (Fsp3) is 0.333. The standard InChI is InChI=1S/C12H15NO4/c1-4-17-11-7-5-6-10(12(11)16-3)8-9(2)13(14)15/h5-8H,4H2,1-3H3. The second kappa shape index (κ2) is 5.89. The molecule has 0 N–H and O–H groups in total. The van der Waals surface area contributed by atoms with Gasteiger partial charge in [0.15, 0.2) is 11.5 Å². The Morgan fingerprint density at radius 2 is 2.24 bits per heavy atom. The monoisotopic (exact) mass is 237 g/mol. The van der Waals surface area contributed by atoms with E-state index < -0.39 is 4.92 Å². The summed E-state index contributed by atoms with van der Waals surface area (Å²) >= 11 is 0. The molecule has 0 aliphatic carbocycles. The minimum Gasteiger partial charge on any atom is -0.492 e. The van der Waals surface area contributed by atoms with Crippen LogP contribution in [-0.2, 0) is 0 Å². The van der Waals surface area contributed by atoms with Crippen LogP contribution in [0.4, 0.5) is 0 Å². The van der Waals surface area contributed by atoms with Gasteiger partial charge in [-0.2, -0.15) is 0 Å². The Morgan fingerprint density at radius 1 is 1.53 bits per heavy atom. The third-order valence-electron chi connectivity index (χ3n) is 2.17. The van der Waals surface area contributed by atoms with Gasteiger partial charge in [0.2, 0.25) is 5.70 Å². The predicted octanol–water partition coefficient (Wildman–Crippen LogP) is 2.73. The largest absolute Gasteiger partial charge is 0.492 e. The fourth-order valence-corrected chi connectivity index (χ4v) is 1.41. The van der Waals surface area contributed by atoms with Crippen molar-refractivity contribution in [3.63, 3.8) is 0 Å². The van der Waals surface area contributed by atoms with Gasteiger partial charge in [0.25, 0.3) is 0 Å². The van der Waals surface area contributed by atoms with Crippen molar-refractivity contribution in [1.29, 1.82) is 0 Å². The topological polar surface area (TPSA) is 61.6 Å². The highest BCUT2D eigenvalue weighted by Gasteiger charge is 2.11. The van der Waals surface area contributed by atoms with Gasteiger partial charge >= 0.3 is 0 Å². The van der Waals surface area contributed by atoms with E-state index in [1.54, 1.807) is 18.2 Å². The third-order valence-corrected chi connectivity index (χ3v) is 2.17. The molecule has 5 heteroatoms. The maximum Gasteiger partial charge on any atom is 0.243 e. The van der Waals surface area contributed by atoms with Crippen LogP contribution in [0.1, 0.15) is 19.4 Å². The lowest BCUT2D eigenvalue weighted by Crippen LogP contribution is -1.98. The molecule has 0 aromatic heterocycles. The Kier molecular flexibility index (Phi) is 4.51. The molecule has 0 saturated heterocycles. The molecule has 0 atom stereocenters. The van der Waals surface area contributed by atoms with Crippen molar-refractivity contribution in [3.05, 3.63) is 39.6 Å². The molecule has 0 amide bonds. The van der Waals surface area contributed by atoms with Gasteiger partial charge in [-0.15, -0.1) is 0 Å². The van der Waals surface area contributed by atoms with E-state index in [2.05, 4.69) is 0 Å². The molecule has 0 fully saturated rings. The zero-order chi connectivity index (χ0) is 12.8. The highest BCUT2D eigenvalue weighted by atomic mass is 16.6. The third kappa shape index (κ3) is 3.21. The predicted molar refractivity (Wildman–Crippen MR) is 64.8 cm³/mol. The SMILES string of the molecule is CCOc1cccc(C=C(C)[N+](=O)[O-])c1OC. The summed E-state index contributed by atoms with van der Waals surface area (Å²) in [6.07, 6.45) is 1.46. The first kappa shape index (κ1) is 13.0. The molecule has 17 heavy (non-hydrogen) atoms. The second-order valence-electron chi connectivity index (χ2n) is 3.35. The number of para-hydroxylation sites is 1. The molecule has 0 aliphatic rings. The molecule has 0 heterocycles. The summed E-state index contributed by atoms with van der Waals surface area (Å²) in [5.74, 6) is 1.09. The molecule has 0 bridgehead atoms. The van der Waals surface area contributed by atoms with E-state index in [1.165, 1.54) is 20.1 Å². The van der Waals surface area contributed by atoms with E-state index >= 15 is 0 Å². The van der Waals surface area contributed by atoms with Crippen LogP contribution >= 0.6 is 0 Å². The van der Waals surface area contributed by atoms with Crippen LogP contribution in [0.5, 0.6) is 11.5 Å². The Balaban J connectivity index is 3.20. The van der Waals surface area contributed by atoms with Crippen molar-refractivity contribution < 1.29 is 14.4 Å². The minimum absolute atomic E-state index is 0.0527. The van der Waals surface area contributed by atoms with Crippen LogP contribution in [0.25, 0.3) is 6.08 Å². The van der Waals surface area contributed by atoms with Gasteiger partial charge in [-0.25, -0.2) is 0 Å². The summed E-state index contributed by atoms with van der Waals surface area (Å²) < 4.78 is 10.6. The van der Waals surface area contributed by atoms with Gasteiger partial charge in [-0.3, -0.25) is 10.1 Å². The molecule has 1 aromatic carbocycles. The quantitative estimate of drug-likeness (QED) is 0.583. The number of benzene rings is 1. The highest BCUT2D eigenvalue weighted by molar-refractivity contribution is 5.63. The molecule has 0 spiro atoms. The summed E-state index contributed by atoms with van der Waals surface area (Å²) in [5, 5.41) is 10.6. The van der Waals surface area contributed by atoms with E-state index in [4.69, 9.17) is 9.47 Å². The zero-order valence-corrected chi connectivity index (χ0v) is 10.1. The van der Waals surface area contributed by atoms with Crippen molar-refractivity contribution in [2.24, 2.45) is 0 Å². The number of allylic oxidation sites excluding steroid dienone is 1. The minimum atomic E-state index is -0.438. The average molecular weight is 237 g/mol. The number of ether oxygens (including phenoxy) is 2. The Hall–Kier alpha value is -2.04. The molecule has 0 radical (unpaired) electrons. The number of nitro groups is 1. The lowest BCUT2D eigenvalue weighted by Gasteiger charge is -2.11. The van der Waals surface area contributed by atoms with Gasteiger partial charge in [-0.1, -0.05) is 12.1 Å². The zero-order valence-electron chi connectivity index (χ0n) is 10.1. The Bertz CT molecular complexity index is 440. The number of rotatable bonds is 5. The number of hydrogen-bond acceptors (Lipinski definition) is 4. The van der Waals surface area contributed by atoms with E-state index in [9.17, 15) is 10.1 Å². The molecule has 1 rings (SSSR count). The van der Waals surface area contributed by atoms with Crippen LogP contribution in [0.2, 0.25) is 0 Å². The van der Waals surface area contributed by atoms with Crippen molar-refractivity contribution in [2.75, 3.05) is 13.7 Å². The van der Waals surface area contributed by atoms with Crippen molar-refractivity contribution in [3.8, 4) is 11.5 Å². The maximum atomic E-state index is 10.6. The molecule has 0 unspecified atom stereocenters. The van der Waals surface area contributed by atoms with Crippen molar-refractivity contribution >= 4 is 6.08 Å². The Labute approximate surface area is 99.8 Å². The molecule has 0 aliphatic heterocycles. The highest BCUT2D eigenvalue weighted by Crippen LogP contribution is 2.32. The summed E-state index contributed by atoms with van der Waals surface area (Å²) in [6, 6.07) is 5.28. The van der Waals surface area contributed by atoms with E-state index in [1.807, 2.05) is 6.92 Å². The molecule has 92 valence electrons. The van der Waals surface area contributed by atoms with E-state index in [0.717, 1.165) is 0 Å². The number of nitrogens with zero attached hydrogens (tertiary/aromatic N) is 1. The lowest BCUT2D eigenvalue weighted by atomic mass is 10.1. The first-order valence-corrected chi connectivity index (χ1v) is 5.22. The number of hydrogen-bond donors (Lipinski definition) is 0. The van der Waals surface area contributed by atoms with Crippen molar-refractivity contribution in [1.82, 2.24) is 0 Å². The Morgan fingerprint density at radius 3 is 2.76 bits per heavy atom. The van der Waals surface area contributed by atoms with Crippen LogP contribution in [0.3, 0.4) is 0 Å². The van der Waals surface area contributed by atoms with Gasteiger partial charge in [0.1, 0.15) is 0 Å². The molecular weight excluding hydrogens is 222 g/mol. The first-order valence-electron chi connectivity index (χ1n) is 5.22. The van der Waals surface area contributed by atoms with Gasteiger partial charge in [0.05, 0.1) is 18.6 Å². The maximum absolute atomic E-state index is 10.6. The molecule has 1 aromatic rings. The van der Waals surface area contributed by atoms with E-state index in [0.29, 0.717) is 23.7 Å². The molecule has 0 saturated carbocycles. The smallest absolute Gasteiger partial charge is 0.243 e. The van der Waals surface area contributed by atoms with Gasteiger partial charge in [-0.05, 0) is 13.0 Å². The molecular formula is C12H15NO4. The number of methoxy groups -OCH3 is 1. The summed E-state index contributed by atoms with van der Waals surface area (Å²) in [6.45, 7) is 3.81. The van der Waals surface area contributed by atoms with Crippen LogP contribution < -0.4 is 9.47 Å². The van der Waals surface area contributed by atoms with Crippen LogP contribution in [-0.4, -0.2) is 18.6 Å². The second-order valence-corrected chi connectivity index (χ2v) is 3.35. The lowest BCUT2D eigenvalue weighted by molar-refractivity contribution is -0.422. The van der Waals surface area contributed by atoms with Gasteiger partial charge in [0, 0.05) is 18.6 Å². The van der Waals surface area contributed by atoms with Gasteiger partial charge < -0.3 is 9.47 Å². The fourth-order valence-electron chi connectivity index (χ4n) is 1.41. The summed E-state index contributed by atoms with van der Waals surface area (Å²) in [4.78, 5) is 10.1. The normalized spacial score (nSPS) is 11.1. The van der Waals surface area contributed by atoms with Crippen LogP contribution in [0, 0.1) is 10.1 Å². The summed E-state index contributed by atoms with van der Waals surface area (Å²) in [7, 11) is 1.51. The first-order chi connectivity index (χ1) is 8.10. The van der Waals surface area contributed by atoms with Crippen molar-refractivity contribution in [2.45, 2.75) is 13.8 Å². The average Bonchev–Trinajstić information content (AvgIpc) is 2.29. The van der Waals surface area contributed by atoms with Crippen LogP contribution in [0.15, 0.2) is 23.9 Å².